The molecule has 34 heavy (non-hydrogen) atoms. The highest BCUT2D eigenvalue weighted by Crippen LogP contribution is 2.32. The molecule has 2 atom stereocenters. The molecule has 2 aliphatic heterocycles. The third kappa shape index (κ3) is 4.64. The summed E-state index contributed by atoms with van der Waals surface area (Å²) in [6, 6.07) is 14.3. The highest BCUT2D eigenvalue weighted by atomic mass is 16.2. The average Bonchev–Trinajstić information content (AvgIpc) is 3.03. The smallest absolute Gasteiger partial charge is 0.262 e. The second-order valence-electron chi connectivity index (χ2n) is 9.77. The van der Waals surface area contributed by atoms with Crippen LogP contribution in [0.1, 0.15) is 71.5 Å². The SMILES string of the molecule is CC(c1ccccc1)N(Cc1cccc2c1C(=O)N(C1CCC(=O)NC1=O)C2=O)CC(C)(C)N. The van der Waals surface area contributed by atoms with Gasteiger partial charge in [-0.15, -0.1) is 0 Å². The van der Waals surface area contributed by atoms with E-state index in [0.29, 0.717) is 24.2 Å². The van der Waals surface area contributed by atoms with E-state index in [4.69, 9.17) is 5.73 Å². The Morgan fingerprint density at radius 1 is 1.06 bits per heavy atom. The fraction of sp³-hybridized carbons (Fsp3) is 0.385. The van der Waals surface area contributed by atoms with Gasteiger partial charge in [0.15, 0.2) is 0 Å². The summed E-state index contributed by atoms with van der Waals surface area (Å²) >= 11 is 0. The number of carbonyl (C=O) groups is 4. The van der Waals surface area contributed by atoms with Gasteiger partial charge in [-0.2, -0.15) is 0 Å². The minimum atomic E-state index is -0.986. The normalized spacial score (nSPS) is 19.4. The molecule has 2 aromatic rings. The van der Waals surface area contributed by atoms with Gasteiger partial charge >= 0.3 is 0 Å². The van der Waals surface area contributed by atoms with Gasteiger partial charge in [0, 0.05) is 31.1 Å². The third-order valence-electron chi connectivity index (χ3n) is 6.37. The second-order valence-corrected chi connectivity index (χ2v) is 9.77. The van der Waals surface area contributed by atoms with Crippen LogP contribution in [-0.2, 0) is 16.1 Å². The number of carbonyl (C=O) groups excluding carboxylic acids is 4. The molecule has 1 fully saturated rings. The standard InChI is InChI=1S/C26H30N4O4/c1-16(17-8-5-4-6-9-17)29(15-26(2,3)27)14-18-10-7-11-19-22(18)25(34)30(24(19)33)20-12-13-21(31)28-23(20)32/h4-11,16,20H,12-15,27H2,1-3H3,(H,28,31,32). The largest absolute Gasteiger partial charge is 0.324 e. The Morgan fingerprint density at radius 3 is 2.41 bits per heavy atom. The fourth-order valence-electron chi connectivity index (χ4n) is 4.73. The fourth-order valence-corrected chi connectivity index (χ4v) is 4.73. The number of amides is 4. The molecule has 0 bridgehead atoms. The monoisotopic (exact) mass is 462 g/mol. The lowest BCUT2D eigenvalue weighted by atomic mass is 9.98. The van der Waals surface area contributed by atoms with E-state index in [1.54, 1.807) is 12.1 Å². The Kier molecular flexibility index (Phi) is 6.38. The first-order valence-corrected chi connectivity index (χ1v) is 11.5. The van der Waals surface area contributed by atoms with Crippen LogP contribution in [0, 0.1) is 0 Å². The van der Waals surface area contributed by atoms with Crippen molar-refractivity contribution in [3.05, 3.63) is 70.8 Å². The van der Waals surface area contributed by atoms with E-state index < -0.39 is 35.2 Å². The molecular weight excluding hydrogens is 432 g/mol. The highest BCUT2D eigenvalue weighted by molar-refractivity contribution is 6.24. The lowest BCUT2D eigenvalue weighted by Crippen LogP contribution is -2.54. The molecule has 1 saturated heterocycles. The minimum absolute atomic E-state index is 0.0123. The van der Waals surface area contributed by atoms with Crippen molar-refractivity contribution in [2.45, 2.75) is 57.8 Å². The van der Waals surface area contributed by atoms with Crippen molar-refractivity contribution in [2.75, 3.05) is 6.54 Å². The number of imide groups is 2. The highest BCUT2D eigenvalue weighted by Gasteiger charge is 2.45. The van der Waals surface area contributed by atoms with E-state index in [0.717, 1.165) is 10.5 Å². The molecule has 0 aliphatic carbocycles. The molecule has 2 aromatic carbocycles. The summed E-state index contributed by atoms with van der Waals surface area (Å²) in [5.74, 6) is -2.01. The Labute approximate surface area is 199 Å². The van der Waals surface area contributed by atoms with E-state index in [-0.39, 0.29) is 24.4 Å². The molecular formula is C26H30N4O4. The number of nitrogens with two attached hydrogens (primary N) is 1. The summed E-state index contributed by atoms with van der Waals surface area (Å²) in [7, 11) is 0. The van der Waals surface area contributed by atoms with Crippen molar-refractivity contribution in [2.24, 2.45) is 5.73 Å². The van der Waals surface area contributed by atoms with Gasteiger partial charge in [0.1, 0.15) is 6.04 Å². The lowest BCUT2D eigenvalue weighted by Gasteiger charge is -2.35. The number of fused-ring (bicyclic) bond motifs is 1. The molecule has 3 N–H and O–H groups in total. The van der Waals surface area contributed by atoms with Crippen LogP contribution in [-0.4, -0.2) is 51.6 Å². The van der Waals surface area contributed by atoms with Gasteiger partial charge in [0.05, 0.1) is 11.1 Å². The maximum atomic E-state index is 13.5. The number of nitrogens with zero attached hydrogens (tertiary/aromatic N) is 2. The van der Waals surface area contributed by atoms with E-state index in [2.05, 4.69) is 29.3 Å². The summed E-state index contributed by atoms with van der Waals surface area (Å²) in [5, 5.41) is 2.23. The van der Waals surface area contributed by atoms with Gasteiger partial charge in [-0.25, -0.2) is 0 Å². The first-order valence-electron chi connectivity index (χ1n) is 11.5. The topological polar surface area (TPSA) is 113 Å². The molecule has 2 aliphatic rings. The number of rotatable bonds is 7. The molecule has 8 heteroatoms. The maximum Gasteiger partial charge on any atom is 0.262 e. The lowest BCUT2D eigenvalue weighted by molar-refractivity contribution is -0.136. The summed E-state index contributed by atoms with van der Waals surface area (Å²) in [6.07, 6.45) is 0.217. The molecule has 2 heterocycles. The van der Waals surface area contributed by atoms with Gasteiger partial charge in [-0.3, -0.25) is 34.3 Å². The Hall–Kier alpha value is -3.36. The van der Waals surface area contributed by atoms with Crippen LogP contribution in [0.2, 0.25) is 0 Å². The molecule has 4 rings (SSSR count). The molecule has 0 aromatic heterocycles. The summed E-state index contributed by atoms with van der Waals surface area (Å²) in [6.45, 7) is 6.96. The molecule has 0 saturated carbocycles. The molecule has 178 valence electrons. The van der Waals surface area contributed by atoms with Gasteiger partial charge in [0.25, 0.3) is 11.8 Å². The van der Waals surface area contributed by atoms with Crippen LogP contribution in [0.25, 0.3) is 0 Å². The maximum absolute atomic E-state index is 13.5. The van der Waals surface area contributed by atoms with E-state index in [1.165, 1.54) is 0 Å². The van der Waals surface area contributed by atoms with Crippen molar-refractivity contribution in [3.8, 4) is 0 Å². The zero-order valence-corrected chi connectivity index (χ0v) is 19.7. The molecule has 2 unspecified atom stereocenters. The van der Waals surface area contributed by atoms with Crippen molar-refractivity contribution in [1.82, 2.24) is 15.1 Å². The number of piperidine rings is 1. The average molecular weight is 463 g/mol. The third-order valence-corrected chi connectivity index (χ3v) is 6.37. The number of hydrogen-bond acceptors (Lipinski definition) is 6. The predicted octanol–water partition coefficient (Wildman–Crippen LogP) is 2.39. The van der Waals surface area contributed by atoms with Gasteiger partial charge in [-0.1, -0.05) is 42.5 Å². The summed E-state index contributed by atoms with van der Waals surface area (Å²) < 4.78 is 0. The number of hydrogen-bond donors (Lipinski definition) is 2. The zero-order valence-electron chi connectivity index (χ0n) is 19.7. The number of nitrogens with one attached hydrogen (secondary N) is 1. The minimum Gasteiger partial charge on any atom is -0.324 e. The van der Waals surface area contributed by atoms with Crippen LogP contribution < -0.4 is 11.1 Å². The number of benzene rings is 2. The molecule has 4 amide bonds. The van der Waals surface area contributed by atoms with Crippen molar-refractivity contribution >= 4 is 23.6 Å². The van der Waals surface area contributed by atoms with E-state index in [1.807, 2.05) is 38.1 Å². The Bertz CT molecular complexity index is 1140. The summed E-state index contributed by atoms with van der Waals surface area (Å²) in [4.78, 5) is 53.8. The van der Waals surface area contributed by atoms with Crippen molar-refractivity contribution in [1.29, 1.82) is 0 Å². The van der Waals surface area contributed by atoms with Crippen LogP contribution in [0.3, 0.4) is 0 Å². The molecule has 8 nitrogen and oxygen atoms in total. The quantitative estimate of drug-likeness (QED) is 0.611. The molecule has 0 spiro atoms. The van der Waals surface area contributed by atoms with Gasteiger partial charge < -0.3 is 5.73 Å². The zero-order chi connectivity index (χ0) is 24.6. The molecule has 0 radical (unpaired) electrons. The van der Waals surface area contributed by atoms with Crippen LogP contribution in [0.15, 0.2) is 48.5 Å². The van der Waals surface area contributed by atoms with E-state index >= 15 is 0 Å². The van der Waals surface area contributed by atoms with Crippen LogP contribution >= 0.6 is 0 Å². The van der Waals surface area contributed by atoms with Crippen molar-refractivity contribution in [3.63, 3.8) is 0 Å². The van der Waals surface area contributed by atoms with Gasteiger partial charge in [0.2, 0.25) is 11.8 Å². The van der Waals surface area contributed by atoms with Crippen LogP contribution in [0.4, 0.5) is 0 Å². The Morgan fingerprint density at radius 2 is 1.76 bits per heavy atom. The summed E-state index contributed by atoms with van der Waals surface area (Å²) in [5.41, 5.74) is 8.31. The second kappa shape index (κ2) is 9.12. The van der Waals surface area contributed by atoms with Gasteiger partial charge in [-0.05, 0) is 44.4 Å². The van der Waals surface area contributed by atoms with E-state index in [9.17, 15) is 19.2 Å². The first-order chi connectivity index (χ1) is 16.1. The predicted molar refractivity (Wildman–Crippen MR) is 127 cm³/mol. The Balaban J connectivity index is 1.67. The first kappa shape index (κ1) is 23.8. The van der Waals surface area contributed by atoms with Crippen molar-refractivity contribution < 1.29 is 19.2 Å². The van der Waals surface area contributed by atoms with Crippen LogP contribution in [0.5, 0.6) is 0 Å².